The molecule has 1 aliphatic carbocycles. The predicted molar refractivity (Wildman–Crippen MR) is 71.1 cm³/mol. The second kappa shape index (κ2) is 5.66. The summed E-state index contributed by atoms with van der Waals surface area (Å²) >= 11 is 2.09. The van der Waals surface area contributed by atoms with Crippen LogP contribution in [0.15, 0.2) is 12.3 Å². The SMILES string of the molecule is CCOC(=O)c1c(I)ccnc1OCC1CC1. The number of pyridine rings is 1. The molecule has 0 aromatic carbocycles. The summed E-state index contributed by atoms with van der Waals surface area (Å²) in [5.74, 6) is 0.655. The Kier molecular flexibility index (Phi) is 4.20. The van der Waals surface area contributed by atoms with E-state index in [1.165, 1.54) is 12.8 Å². The van der Waals surface area contributed by atoms with Gasteiger partial charge in [-0.05, 0) is 54.3 Å². The van der Waals surface area contributed by atoms with Gasteiger partial charge in [0.1, 0.15) is 5.56 Å². The molecular formula is C12H14INO3. The van der Waals surface area contributed by atoms with E-state index in [0.29, 0.717) is 30.6 Å². The Morgan fingerprint density at radius 3 is 3.00 bits per heavy atom. The van der Waals surface area contributed by atoms with Gasteiger partial charge in [0.05, 0.1) is 13.2 Å². The smallest absolute Gasteiger partial charge is 0.344 e. The van der Waals surface area contributed by atoms with Gasteiger partial charge in [0.15, 0.2) is 0 Å². The van der Waals surface area contributed by atoms with Crippen molar-refractivity contribution in [3.63, 3.8) is 0 Å². The maximum Gasteiger partial charge on any atom is 0.344 e. The van der Waals surface area contributed by atoms with Gasteiger partial charge in [-0.1, -0.05) is 0 Å². The number of carbonyl (C=O) groups is 1. The van der Waals surface area contributed by atoms with Crippen molar-refractivity contribution in [2.45, 2.75) is 19.8 Å². The molecule has 0 aliphatic heterocycles. The lowest BCUT2D eigenvalue weighted by Gasteiger charge is -2.10. The first kappa shape index (κ1) is 12.6. The number of halogens is 1. The first-order valence-corrected chi connectivity index (χ1v) is 6.74. The molecule has 1 heterocycles. The van der Waals surface area contributed by atoms with E-state index >= 15 is 0 Å². The molecule has 1 aromatic rings. The van der Waals surface area contributed by atoms with Crippen LogP contribution in [0.3, 0.4) is 0 Å². The van der Waals surface area contributed by atoms with Crippen LogP contribution in [0.5, 0.6) is 5.88 Å². The lowest BCUT2D eigenvalue weighted by molar-refractivity contribution is 0.0519. The molecule has 2 rings (SSSR count). The average molecular weight is 347 g/mol. The molecule has 17 heavy (non-hydrogen) atoms. The summed E-state index contributed by atoms with van der Waals surface area (Å²) in [4.78, 5) is 15.9. The van der Waals surface area contributed by atoms with E-state index in [-0.39, 0.29) is 5.97 Å². The lowest BCUT2D eigenvalue weighted by Crippen LogP contribution is -2.12. The largest absolute Gasteiger partial charge is 0.477 e. The molecule has 5 heteroatoms. The number of nitrogens with zero attached hydrogens (tertiary/aromatic N) is 1. The number of esters is 1. The van der Waals surface area contributed by atoms with E-state index in [1.54, 1.807) is 19.2 Å². The van der Waals surface area contributed by atoms with Crippen molar-refractivity contribution in [1.29, 1.82) is 0 Å². The molecule has 0 spiro atoms. The van der Waals surface area contributed by atoms with Gasteiger partial charge in [-0.25, -0.2) is 9.78 Å². The Bertz CT molecular complexity index is 418. The lowest BCUT2D eigenvalue weighted by atomic mass is 10.3. The average Bonchev–Trinajstić information content (AvgIpc) is 3.10. The number of ether oxygens (including phenoxy) is 2. The number of carbonyl (C=O) groups excluding carboxylic acids is 1. The third kappa shape index (κ3) is 3.31. The Labute approximate surface area is 114 Å². The third-order valence-electron chi connectivity index (χ3n) is 2.50. The highest BCUT2D eigenvalue weighted by atomic mass is 127. The van der Waals surface area contributed by atoms with Gasteiger partial charge in [0.25, 0.3) is 0 Å². The van der Waals surface area contributed by atoms with Gasteiger partial charge < -0.3 is 9.47 Å². The molecule has 0 bridgehead atoms. The molecule has 1 saturated carbocycles. The number of aromatic nitrogens is 1. The van der Waals surface area contributed by atoms with Crippen LogP contribution in [-0.4, -0.2) is 24.2 Å². The highest BCUT2D eigenvalue weighted by Gasteiger charge is 2.24. The highest BCUT2D eigenvalue weighted by Crippen LogP contribution is 2.30. The molecule has 0 N–H and O–H groups in total. The molecule has 4 nitrogen and oxygen atoms in total. The highest BCUT2D eigenvalue weighted by molar-refractivity contribution is 14.1. The quantitative estimate of drug-likeness (QED) is 0.607. The Hall–Kier alpha value is -0.850. The van der Waals surface area contributed by atoms with Crippen molar-refractivity contribution in [3.05, 3.63) is 21.4 Å². The zero-order chi connectivity index (χ0) is 12.3. The topological polar surface area (TPSA) is 48.4 Å². The molecular weight excluding hydrogens is 333 g/mol. The van der Waals surface area contributed by atoms with Gasteiger partial charge in [-0.15, -0.1) is 0 Å². The minimum Gasteiger partial charge on any atom is -0.477 e. The van der Waals surface area contributed by atoms with Crippen LogP contribution in [0.4, 0.5) is 0 Å². The zero-order valence-corrected chi connectivity index (χ0v) is 11.8. The van der Waals surface area contributed by atoms with Gasteiger partial charge in [-0.3, -0.25) is 0 Å². The summed E-state index contributed by atoms with van der Waals surface area (Å²) in [6.07, 6.45) is 4.06. The van der Waals surface area contributed by atoms with Crippen molar-refractivity contribution < 1.29 is 14.3 Å². The number of rotatable bonds is 5. The van der Waals surface area contributed by atoms with Crippen LogP contribution >= 0.6 is 22.6 Å². The molecule has 0 amide bonds. The molecule has 1 aliphatic rings. The summed E-state index contributed by atoms with van der Waals surface area (Å²) < 4.78 is 11.4. The Balaban J connectivity index is 2.16. The second-order valence-corrected chi connectivity index (χ2v) is 5.11. The van der Waals surface area contributed by atoms with Gasteiger partial charge in [0, 0.05) is 9.77 Å². The summed E-state index contributed by atoms with van der Waals surface area (Å²) in [6.45, 7) is 2.78. The minimum absolute atomic E-state index is 0.353. The Morgan fingerprint density at radius 2 is 2.35 bits per heavy atom. The maximum atomic E-state index is 11.8. The summed E-state index contributed by atoms with van der Waals surface area (Å²) in [5.41, 5.74) is 0.440. The first-order chi connectivity index (χ1) is 8.22. The van der Waals surface area contributed by atoms with Crippen molar-refractivity contribution in [2.24, 2.45) is 5.92 Å². The first-order valence-electron chi connectivity index (χ1n) is 5.66. The van der Waals surface area contributed by atoms with Crippen LogP contribution in [0, 0.1) is 9.49 Å². The van der Waals surface area contributed by atoms with E-state index in [9.17, 15) is 4.79 Å². The van der Waals surface area contributed by atoms with E-state index < -0.39 is 0 Å². The monoisotopic (exact) mass is 347 g/mol. The summed E-state index contributed by atoms with van der Waals surface area (Å²) in [6, 6.07) is 1.77. The minimum atomic E-state index is -0.365. The Morgan fingerprint density at radius 1 is 1.59 bits per heavy atom. The van der Waals surface area contributed by atoms with Gasteiger partial charge in [-0.2, -0.15) is 0 Å². The van der Waals surface area contributed by atoms with Gasteiger partial charge >= 0.3 is 5.97 Å². The predicted octanol–water partition coefficient (Wildman–Crippen LogP) is 2.65. The zero-order valence-electron chi connectivity index (χ0n) is 9.61. The van der Waals surface area contributed by atoms with Crippen LogP contribution < -0.4 is 4.74 Å². The third-order valence-corrected chi connectivity index (χ3v) is 3.40. The van der Waals surface area contributed by atoms with Crippen molar-refractivity contribution in [3.8, 4) is 5.88 Å². The molecule has 92 valence electrons. The summed E-state index contributed by atoms with van der Waals surface area (Å²) in [7, 11) is 0. The number of hydrogen-bond acceptors (Lipinski definition) is 4. The summed E-state index contributed by atoms with van der Waals surface area (Å²) in [5, 5.41) is 0. The van der Waals surface area contributed by atoms with Crippen LogP contribution in [0.1, 0.15) is 30.1 Å². The van der Waals surface area contributed by atoms with E-state index in [0.717, 1.165) is 3.57 Å². The fraction of sp³-hybridized carbons (Fsp3) is 0.500. The second-order valence-electron chi connectivity index (χ2n) is 3.95. The molecule has 0 unspecified atom stereocenters. The fourth-order valence-electron chi connectivity index (χ4n) is 1.40. The molecule has 1 fully saturated rings. The van der Waals surface area contributed by atoms with Crippen molar-refractivity contribution in [2.75, 3.05) is 13.2 Å². The van der Waals surface area contributed by atoms with E-state index in [2.05, 4.69) is 27.6 Å². The van der Waals surface area contributed by atoms with Crippen LogP contribution in [-0.2, 0) is 4.74 Å². The van der Waals surface area contributed by atoms with E-state index in [4.69, 9.17) is 9.47 Å². The van der Waals surface area contributed by atoms with Crippen molar-refractivity contribution in [1.82, 2.24) is 4.98 Å². The van der Waals surface area contributed by atoms with Crippen LogP contribution in [0.25, 0.3) is 0 Å². The van der Waals surface area contributed by atoms with Crippen molar-refractivity contribution >= 4 is 28.6 Å². The fourth-order valence-corrected chi connectivity index (χ4v) is 2.01. The standard InChI is InChI=1S/C12H14INO3/c1-2-16-12(15)10-9(13)5-6-14-11(10)17-7-8-3-4-8/h5-6,8H,2-4,7H2,1H3. The van der Waals surface area contributed by atoms with Crippen LogP contribution in [0.2, 0.25) is 0 Å². The molecule has 0 radical (unpaired) electrons. The number of hydrogen-bond donors (Lipinski definition) is 0. The van der Waals surface area contributed by atoms with Gasteiger partial charge in [0.2, 0.25) is 5.88 Å². The normalized spacial score (nSPS) is 14.5. The molecule has 0 atom stereocenters. The molecule has 0 saturated heterocycles. The van der Waals surface area contributed by atoms with E-state index in [1.807, 2.05) is 0 Å². The molecule has 1 aromatic heterocycles. The maximum absolute atomic E-state index is 11.8.